The van der Waals surface area contributed by atoms with Gasteiger partial charge in [0.1, 0.15) is 0 Å². The summed E-state index contributed by atoms with van der Waals surface area (Å²) in [6.07, 6.45) is 12.5. The standard InChI is InChI=1S/C15H17Br/c1-4-13-7-8-15(13)10-11(2)5-6-14(16)9-12(15)3/h5,7-10,13H,4H2,1-3H3/b11-10-,12-9+. The van der Waals surface area contributed by atoms with Crippen molar-refractivity contribution < 1.29 is 0 Å². The molecule has 0 aliphatic heterocycles. The van der Waals surface area contributed by atoms with Crippen molar-refractivity contribution in [2.75, 3.05) is 0 Å². The summed E-state index contributed by atoms with van der Waals surface area (Å²) in [4.78, 5) is 0. The van der Waals surface area contributed by atoms with Gasteiger partial charge in [-0.15, -0.1) is 5.73 Å². The molecule has 0 saturated carbocycles. The molecule has 84 valence electrons. The van der Waals surface area contributed by atoms with Crippen LogP contribution in [0, 0.1) is 11.3 Å². The maximum absolute atomic E-state index is 3.53. The molecule has 2 atom stereocenters. The van der Waals surface area contributed by atoms with Crippen LogP contribution >= 0.6 is 15.9 Å². The van der Waals surface area contributed by atoms with Gasteiger partial charge in [-0.05, 0) is 59.8 Å². The monoisotopic (exact) mass is 276 g/mol. The van der Waals surface area contributed by atoms with Gasteiger partial charge < -0.3 is 0 Å². The van der Waals surface area contributed by atoms with Crippen LogP contribution in [0.3, 0.4) is 0 Å². The van der Waals surface area contributed by atoms with Crippen LogP contribution in [0.5, 0.6) is 0 Å². The van der Waals surface area contributed by atoms with E-state index >= 15 is 0 Å². The van der Waals surface area contributed by atoms with E-state index in [9.17, 15) is 0 Å². The Balaban J connectivity index is 2.53. The summed E-state index contributed by atoms with van der Waals surface area (Å²) in [6, 6.07) is 0. The van der Waals surface area contributed by atoms with Crippen LogP contribution in [-0.2, 0) is 0 Å². The number of hydrogen-bond acceptors (Lipinski definition) is 0. The summed E-state index contributed by atoms with van der Waals surface area (Å²) in [7, 11) is 0. The molecule has 0 bridgehead atoms. The zero-order valence-electron chi connectivity index (χ0n) is 10.0. The minimum absolute atomic E-state index is 0.149. The maximum Gasteiger partial charge on any atom is 0.0593 e. The van der Waals surface area contributed by atoms with Gasteiger partial charge in [0.2, 0.25) is 0 Å². The molecule has 2 aliphatic carbocycles. The molecule has 0 radical (unpaired) electrons. The Morgan fingerprint density at radius 1 is 1.44 bits per heavy atom. The molecule has 0 saturated heterocycles. The zero-order chi connectivity index (χ0) is 11.8. The molecule has 0 N–H and O–H groups in total. The SMILES string of the molecule is CCC1C=CC12/C=C(/C)C=C=C(Br)/C=C/2C. The Labute approximate surface area is 106 Å². The zero-order valence-corrected chi connectivity index (χ0v) is 11.6. The van der Waals surface area contributed by atoms with Crippen molar-refractivity contribution in [3.05, 3.63) is 51.7 Å². The van der Waals surface area contributed by atoms with Crippen molar-refractivity contribution in [2.24, 2.45) is 11.3 Å². The van der Waals surface area contributed by atoms with Gasteiger partial charge in [-0.2, -0.15) is 0 Å². The lowest BCUT2D eigenvalue weighted by Gasteiger charge is -2.43. The lowest BCUT2D eigenvalue weighted by molar-refractivity contribution is 0.357. The molecule has 0 aromatic heterocycles. The summed E-state index contributed by atoms with van der Waals surface area (Å²) < 4.78 is 1.03. The van der Waals surface area contributed by atoms with Gasteiger partial charge in [0, 0.05) is 5.41 Å². The smallest absolute Gasteiger partial charge is 0.0593 e. The second-order valence-corrected chi connectivity index (χ2v) is 5.51. The fourth-order valence-electron chi connectivity index (χ4n) is 2.56. The topological polar surface area (TPSA) is 0 Å². The van der Waals surface area contributed by atoms with E-state index in [1.165, 1.54) is 17.6 Å². The van der Waals surface area contributed by atoms with E-state index in [1.807, 2.05) is 6.08 Å². The second kappa shape index (κ2) is 4.24. The molecule has 0 aromatic rings. The van der Waals surface area contributed by atoms with Crippen molar-refractivity contribution in [3.8, 4) is 0 Å². The third-order valence-corrected chi connectivity index (χ3v) is 4.05. The van der Waals surface area contributed by atoms with E-state index in [4.69, 9.17) is 0 Å². The summed E-state index contributed by atoms with van der Waals surface area (Å²) in [6.45, 7) is 6.61. The number of rotatable bonds is 1. The molecule has 0 fully saturated rings. The van der Waals surface area contributed by atoms with Crippen LogP contribution in [0.25, 0.3) is 0 Å². The van der Waals surface area contributed by atoms with Gasteiger partial charge >= 0.3 is 0 Å². The summed E-state index contributed by atoms with van der Waals surface area (Å²) in [5.41, 5.74) is 6.05. The minimum atomic E-state index is 0.149. The van der Waals surface area contributed by atoms with Crippen molar-refractivity contribution >= 4 is 15.9 Å². The van der Waals surface area contributed by atoms with Gasteiger partial charge in [-0.1, -0.05) is 30.7 Å². The van der Waals surface area contributed by atoms with Crippen LogP contribution in [0.15, 0.2) is 51.7 Å². The highest BCUT2D eigenvalue weighted by Crippen LogP contribution is 2.49. The third-order valence-electron chi connectivity index (χ3n) is 3.59. The van der Waals surface area contributed by atoms with Gasteiger partial charge in [0.05, 0.1) is 4.48 Å². The van der Waals surface area contributed by atoms with Crippen molar-refractivity contribution in [2.45, 2.75) is 27.2 Å². The minimum Gasteiger partial charge on any atom is -0.105 e. The first-order valence-electron chi connectivity index (χ1n) is 5.78. The molecule has 0 heterocycles. The Kier molecular flexibility index (Phi) is 3.10. The van der Waals surface area contributed by atoms with E-state index in [2.05, 4.69) is 66.7 Å². The first-order valence-corrected chi connectivity index (χ1v) is 6.57. The molecule has 2 aliphatic rings. The van der Waals surface area contributed by atoms with Crippen LogP contribution in [0.1, 0.15) is 27.2 Å². The van der Waals surface area contributed by atoms with Crippen LogP contribution < -0.4 is 0 Å². The molecule has 0 amide bonds. The van der Waals surface area contributed by atoms with Crippen molar-refractivity contribution in [3.63, 3.8) is 0 Å². The van der Waals surface area contributed by atoms with Gasteiger partial charge in [-0.25, -0.2) is 0 Å². The lowest BCUT2D eigenvalue weighted by Crippen LogP contribution is -2.33. The molecule has 0 aromatic carbocycles. The molecule has 1 heteroatoms. The van der Waals surface area contributed by atoms with Gasteiger partial charge in [0.25, 0.3) is 0 Å². The van der Waals surface area contributed by atoms with E-state index in [-0.39, 0.29) is 5.41 Å². The summed E-state index contributed by atoms with van der Waals surface area (Å²) in [5.74, 6) is 0.644. The summed E-state index contributed by atoms with van der Waals surface area (Å²) >= 11 is 3.53. The van der Waals surface area contributed by atoms with Crippen LogP contribution in [-0.4, -0.2) is 0 Å². The quantitative estimate of drug-likeness (QED) is 0.472. The first-order chi connectivity index (χ1) is 7.58. The number of hydrogen-bond donors (Lipinski definition) is 0. The molecule has 0 nitrogen and oxygen atoms in total. The second-order valence-electron chi connectivity index (χ2n) is 4.66. The molecule has 2 rings (SSSR count). The molecule has 1 spiro atoms. The van der Waals surface area contributed by atoms with Crippen molar-refractivity contribution in [1.29, 1.82) is 0 Å². The normalized spacial score (nSPS) is 39.0. The third kappa shape index (κ3) is 1.79. The average Bonchev–Trinajstić information content (AvgIpc) is 2.20. The summed E-state index contributed by atoms with van der Waals surface area (Å²) in [5, 5.41) is 0. The number of halogens is 1. The predicted molar refractivity (Wildman–Crippen MR) is 73.4 cm³/mol. The number of allylic oxidation sites excluding steroid dienone is 7. The highest BCUT2D eigenvalue weighted by atomic mass is 79.9. The maximum atomic E-state index is 3.53. The molecule has 2 unspecified atom stereocenters. The van der Waals surface area contributed by atoms with E-state index < -0.39 is 0 Å². The average molecular weight is 277 g/mol. The highest BCUT2D eigenvalue weighted by Gasteiger charge is 2.39. The predicted octanol–water partition coefficient (Wildman–Crippen LogP) is 4.91. The van der Waals surface area contributed by atoms with Crippen molar-refractivity contribution in [1.82, 2.24) is 0 Å². The van der Waals surface area contributed by atoms with Gasteiger partial charge in [-0.3, -0.25) is 0 Å². The highest BCUT2D eigenvalue weighted by molar-refractivity contribution is 9.11. The lowest BCUT2D eigenvalue weighted by atomic mass is 9.61. The van der Waals surface area contributed by atoms with Crippen LogP contribution in [0.4, 0.5) is 0 Å². The van der Waals surface area contributed by atoms with Gasteiger partial charge in [0.15, 0.2) is 0 Å². The van der Waals surface area contributed by atoms with E-state index in [1.54, 1.807) is 0 Å². The fraction of sp³-hybridized carbons (Fsp3) is 0.400. The first kappa shape index (κ1) is 11.7. The molecular weight excluding hydrogens is 260 g/mol. The van der Waals surface area contributed by atoms with E-state index in [0.29, 0.717) is 5.92 Å². The Morgan fingerprint density at radius 2 is 2.19 bits per heavy atom. The Morgan fingerprint density at radius 3 is 2.75 bits per heavy atom. The largest absolute Gasteiger partial charge is 0.105 e. The Bertz CT molecular complexity index is 456. The fourth-order valence-corrected chi connectivity index (χ4v) is 3.02. The molecular formula is C15H17Br. The molecule has 16 heavy (non-hydrogen) atoms. The Hall–Kier alpha value is -0.780. The van der Waals surface area contributed by atoms with E-state index in [0.717, 1.165) is 4.48 Å². The van der Waals surface area contributed by atoms with Crippen LogP contribution in [0.2, 0.25) is 0 Å².